The summed E-state index contributed by atoms with van der Waals surface area (Å²) in [7, 11) is 0. The molecule has 1 heterocycles. The fraction of sp³-hybridized carbons (Fsp3) is 0.647. The summed E-state index contributed by atoms with van der Waals surface area (Å²) in [6, 6.07) is 9.38. The van der Waals surface area contributed by atoms with Gasteiger partial charge in [-0.2, -0.15) is 0 Å². The minimum atomic E-state index is 0.523. The van der Waals surface area contributed by atoms with E-state index < -0.39 is 0 Å². The van der Waals surface area contributed by atoms with Gasteiger partial charge in [-0.15, -0.1) is 0 Å². The first-order valence-corrected chi connectivity index (χ1v) is 7.90. The summed E-state index contributed by atoms with van der Waals surface area (Å²) in [6.45, 7) is 10.5. The first kappa shape index (κ1) is 15.5. The maximum Gasteiger partial charge on any atom is 0.0619 e. The van der Waals surface area contributed by atoms with Crippen molar-refractivity contribution in [3.63, 3.8) is 0 Å². The lowest BCUT2D eigenvalue weighted by atomic mass is 10.0. The quantitative estimate of drug-likeness (QED) is 0.774. The lowest BCUT2D eigenvalue weighted by Crippen LogP contribution is -2.43. The second kappa shape index (κ2) is 8.40. The van der Waals surface area contributed by atoms with Gasteiger partial charge >= 0.3 is 0 Å². The van der Waals surface area contributed by atoms with Crippen molar-refractivity contribution >= 4 is 0 Å². The van der Waals surface area contributed by atoms with Crippen molar-refractivity contribution in [1.29, 1.82) is 0 Å². The third-order valence-electron chi connectivity index (χ3n) is 3.99. The molecule has 3 nitrogen and oxygen atoms in total. The summed E-state index contributed by atoms with van der Waals surface area (Å²) in [5.74, 6) is 0. The van der Waals surface area contributed by atoms with Crippen molar-refractivity contribution in [3.05, 3.63) is 35.4 Å². The molecule has 0 radical (unpaired) electrons. The Hall–Kier alpha value is -0.900. The molecular formula is C17H28N2O. The van der Waals surface area contributed by atoms with Crippen molar-refractivity contribution in [3.8, 4) is 0 Å². The third-order valence-corrected chi connectivity index (χ3v) is 3.99. The van der Waals surface area contributed by atoms with Crippen molar-refractivity contribution in [1.82, 2.24) is 10.2 Å². The topological polar surface area (TPSA) is 24.5 Å². The van der Waals surface area contributed by atoms with Gasteiger partial charge in [-0.25, -0.2) is 0 Å². The minimum absolute atomic E-state index is 0.523. The van der Waals surface area contributed by atoms with Crippen molar-refractivity contribution in [2.75, 3.05) is 32.8 Å². The van der Waals surface area contributed by atoms with E-state index in [1.165, 1.54) is 17.5 Å². The van der Waals surface area contributed by atoms with Gasteiger partial charge in [-0.05, 0) is 44.0 Å². The van der Waals surface area contributed by atoms with Crippen LogP contribution >= 0.6 is 0 Å². The van der Waals surface area contributed by atoms with Crippen LogP contribution in [0.2, 0.25) is 0 Å². The van der Waals surface area contributed by atoms with Crippen LogP contribution in [0.15, 0.2) is 24.3 Å². The first-order chi connectivity index (χ1) is 9.81. The maximum absolute atomic E-state index is 5.52. The number of hydrogen-bond donors (Lipinski definition) is 1. The molecule has 0 spiro atoms. The van der Waals surface area contributed by atoms with Gasteiger partial charge in [-0.1, -0.05) is 31.2 Å². The highest BCUT2D eigenvalue weighted by Crippen LogP contribution is 2.16. The Balaban J connectivity index is 1.92. The molecule has 0 bridgehead atoms. The molecule has 1 saturated heterocycles. The molecule has 0 saturated carbocycles. The minimum Gasteiger partial charge on any atom is -0.379 e. The largest absolute Gasteiger partial charge is 0.379 e. The number of nitrogens with zero attached hydrogens (tertiary/aromatic N) is 1. The van der Waals surface area contributed by atoms with Crippen LogP contribution in [0.1, 0.15) is 31.4 Å². The van der Waals surface area contributed by atoms with E-state index in [1.54, 1.807) is 0 Å². The van der Waals surface area contributed by atoms with E-state index in [-0.39, 0.29) is 0 Å². The molecule has 1 fully saturated rings. The zero-order valence-electron chi connectivity index (χ0n) is 12.9. The summed E-state index contributed by atoms with van der Waals surface area (Å²) in [5, 5.41) is 3.49. The van der Waals surface area contributed by atoms with Gasteiger partial charge in [-0.3, -0.25) is 4.90 Å². The van der Waals surface area contributed by atoms with Crippen molar-refractivity contribution < 1.29 is 4.74 Å². The average Bonchev–Trinajstić information content (AvgIpc) is 2.47. The van der Waals surface area contributed by atoms with Crippen LogP contribution in [0.5, 0.6) is 0 Å². The Kier molecular flexibility index (Phi) is 6.51. The van der Waals surface area contributed by atoms with Crippen LogP contribution in [0.25, 0.3) is 0 Å². The molecule has 1 aromatic carbocycles. The van der Waals surface area contributed by atoms with Gasteiger partial charge < -0.3 is 10.1 Å². The van der Waals surface area contributed by atoms with Crippen LogP contribution in [0.3, 0.4) is 0 Å². The van der Waals surface area contributed by atoms with Crippen LogP contribution in [0.4, 0.5) is 0 Å². The molecule has 20 heavy (non-hydrogen) atoms. The summed E-state index contributed by atoms with van der Waals surface area (Å²) in [6.07, 6.45) is 2.32. The highest BCUT2D eigenvalue weighted by Gasteiger charge is 2.19. The number of benzene rings is 1. The lowest BCUT2D eigenvalue weighted by molar-refractivity contribution is -0.00447. The SMILES string of the molecule is CCCNCCc1ccccc1CN1CCOCC1C. The number of morpholine rings is 1. The predicted octanol–water partition coefficient (Wildman–Crippen LogP) is 2.45. The molecular weight excluding hydrogens is 248 g/mol. The molecule has 0 aliphatic carbocycles. The first-order valence-electron chi connectivity index (χ1n) is 7.90. The van der Waals surface area contributed by atoms with Crippen LogP contribution in [-0.2, 0) is 17.7 Å². The van der Waals surface area contributed by atoms with Gasteiger partial charge in [0, 0.05) is 19.1 Å². The molecule has 1 aliphatic heterocycles. The highest BCUT2D eigenvalue weighted by atomic mass is 16.5. The average molecular weight is 276 g/mol. The molecule has 1 N–H and O–H groups in total. The van der Waals surface area contributed by atoms with Gasteiger partial charge in [0.2, 0.25) is 0 Å². The monoisotopic (exact) mass is 276 g/mol. The van der Waals surface area contributed by atoms with E-state index in [1.807, 2.05) is 0 Å². The predicted molar refractivity (Wildman–Crippen MR) is 84.0 cm³/mol. The summed E-state index contributed by atoms with van der Waals surface area (Å²) in [4.78, 5) is 2.53. The van der Waals surface area contributed by atoms with E-state index in [0.717, 1.165) is 45.8 Å². The zero-order chi connectivity index (χ0) is 14.2. The molecule has 1 aliphatic rings. The summed E-state index contributed by atoms with van der Waals surface area (Å²) in [5.41, 5.74) is 2.95. The number of ether oxygens (including phenoxy) is 1. The fourth-order valence-corrected chi connectivity index (χ4v) is 2.70. The summed E-state index contributed by atoms with van der Waals surface area (Å²) >= 11 is 0. The molecule has 0 aromatic heterocycles. The fourth-order valence-electron chi connectivity index (χ4n) is 2.70. The van der Waals surface area contributed by atoms with E-state index >= 15 is 0 Å². The van der Waals surface area contributed by atoms with E-state index in [9.17, 15) is 0 Å². The maximum atomic E-state index is 5.52. The van der Waals surface area contributed by atoms with Crippen LogP contribution in [-0.4, -0.2) is 43.8 Å². The number of nitrogens with one attached hydrogen (secondary N) is 1. The van der Waals surface area contributed by atoms with Gasteiger partial charge in [0.05, 0.1) is 13.2 Å². The molecule has 2 rings (SSSR count). The Morgan fingerprint density at radius 2 is 2.05 bits per heavy atom. The second-order valence-electron chi connectivity index (χ2n) is 5.66. The van der Waals surface area contributed by atoms with E-state index in [4.69, 9.17) is 4.74 Å². The zero-order valence-corrected chi connectivity index (χ0v) is 12.9. The Bertz CT molecular complexity index is 394. The van der Waals surface area contributed by atoms with Gasteiger partial charge in [0.1, 0.15) is 0 Å². The molecule has 1 atom stereocenters. The Morgan fingerprint density at radius 3 is 2.80 bits per heavy atom. The number of hydrogen-bond acceptors (Lipinski definition) is 3. The normalized spacial score (nSPS) is 20.2. The van der Waals surface area contributed by atoms with Crippen LogP contribution in [0, 0.1) is 0 Å². The standard InChI is InChI=1S/C17H28N2O/c1-3-9-18-10-8-16-6-4-5-7-17(16)13-19-11-12-20-14-15(19)2/h4-7,15,18H,3,8-14H2,1-2H3. The smallest absolute Gasteiger partial charge is 0.0619 e. The van der Waals surface area contributed by atoms with Crippen LogP contribution < -0.4 is 5.32 Å². The van der Waals surface area contributed by atoms with E-state index in [0.29, 0.717) is 6.04 Å². The number of rotatable bonds is 7. The summed E-state index contributed by atoms with van der Waals surface area (Å²) < 4.78 is 5.52. The lowest BCUT2D eigenvalue weighted by Gasteiger charge is -2.33. The molecule has 112 valence electrons. The van der Waals surface area contributed by atoms with Gasteiger partial charge in [0.15, 0.2) is 0 Å². The molecule has 3 heteroatoms. The van der Waals surface area contributed by atoms with Crippen molar-refractivity contribution in [2.45, 2.75) is 39.3 Å². The Morgan fingerprint density at radius 1 is 1.25 bits per heavy atom. The van der Waals surface area contributed by atoms with E-state index in [2.05, 4.69) is 48.3 Å². The van der Waals surface area contributed by atoms with Crippen molar-refractivity contribution in [2.24, 2.45) is 0 Å². The highest BCUT2D eigenvalue weighted by molar-refractivity contribution is 5.27. The molecule has 0 amide bonds. The third kappa shape index (κ3) is 4.58. The molecule has 1 aromatic rings. The Labute approximate surface area is 123 Å². The second-order valence-corrected chi connectivity index (χ2v) is 5.66. The van der Waals surface area contributed by atoms with Gasteiger partial charge in [0.25, 0.3) is 0 Å². The molecule has 1 unspecified atom stereocenters.